The Bertz CT molecular complexity index is 515. The first-order chi connectivity index (χ1) is 10.1. The van der Waals surface area contributed by atoms with Gasteiger partial charge in [-0.15, -0.1) is 11.3 Å². The Morgan fingerprint density at radius 3 is 2.71 bits per heavy atom. The van der Waals surface area contributed by atoms with Crippen molar-refractivity contribution in [1.29, 1.82) is 0 Å². The van der Waals surface area contributed by atoms with Crippen LogP contribution in [0.5, 0.6) is 0 Å². The molecule has 1 aromatic rings. The number of likely N-dealkylation sites (tertiary alicyclic amines) is 1. The van der Waals surface area contributed by atoms with Crippen molar-refractivity contribution in [1.82, 2.24) is 15.2 Å². The lowest BCUT2D eigenvalue weighted by Crippen LogP contribution is -2.48. The number of rotatable bonds is 6. The predicted molar refractivity (Wildman–Crippen MR) is 83.1 cm³/mol. The monoisotopic (exact) mass is 309 g/mol. The summed E-state index contributed by atoms with van der Waals surface area (Å²) in [4.78, 5) is 31.6. The maximum atomic E-state index is 12.5. The zero-order valence-electron chi connectivity index (χ0n) is 12.9. The number of thiazole rings is 1. The molecule has 1 aliphatic heterocycles. The van der Waals surface area contributed by atoms with Gasteiger partial charge in [0.1, 0.15) is 11.0 Å². The molecule has 2 amide bonds. The van der Waals surface area contributed by atoms with E-state index in [2.05, 4.69) is 10.3 Å². The molecule has 2 rings (SSSR count). The van der Waals surface area contributed by atoms with Crippen molar-refractivity contribution in [3.63, 3.8) is 0 Å². The highest BCUT2D eigenvalue weighted by Gasteiger charge is 2.32. The molecule has 0 aromatic carbocycles. The van der Waals surface area contributed by atoms with E-state index in [1.165, 1.54) is 0 Å². The smallest absolute Gasteiger partial charge is 0.243 e. The molecule has 0 aliphatic carbocycles. The van der Waals surface area contributed by atoms with Gasteiger partial charge in [0, 0.05) is 24.0 Å². The third-order valence-electron chi connectivity index (χ3n) is 3.84. The lowest BCUT2D eigenvalue weighted by molar-refractivity contribution is -0.137. The summed E-state index contributed by atoms with van der Waals surface area (Å²) in [6, 6.07) is -0.418. The number of nitrogens with zero attached hydrogens (tertiary/aromatic N) is 2. The molecule has 0 radical (unpaired) electrons. The molecule has 5 nitrogen and oxygen atoms in total. The Balaban J connectivity index is 2.05. The molecule has 1 aliphatic rings. The van der Waals surface area contributed by atoms with Crippen molar-refractivity contribution in [3.8, 4) is 0 Å². The fraction of sp³-hybridized carbons (Fsp3) is 0.667. The number of carbonyl (C=O) groups excluding carboxylic acids is 2. The maximum Gasteiger partial charge on any atom is 0.243 e. The number of nitrogens with one attached hydrogen (secondary N) is 1. The minimum Gasteiger partial charge on any atom is -0.345 e. The van der Waals surface area contributed by atoms with Crippen molar-refractivity contribution in [2.75, 3.05) is 6.54 Å². The molecule has 0 unspecified atom stereocenters. The van der Waals surface area contributed by atoms with Crippen molar-refractivity contribution >= 4 is 23.2 Å². The summed E-state index contributed by atoms with van der Waals surface area (Å²) in [6.07, 6.45) is 4.68. The van der Waals surface area contributed by atoms with Gasteiger partial charge in [-0.3, -0.25) is 9.59 Å². The van der Waals surface area contributed by atoms with Gasteiger partial charge in [-0.1, -0.05) is 13.8 Å². The van der Waals surface area contributed by atoms with E-state index in [1.807, 2.05) is 27.0 Å². The number of amides is 2. The molecule has 1 fully saturated rings. The van der Waals surface area contributed by atoms with E-state index in [1.54, 1.807) is 16.2 Å². The van der Waals surface area contributed by atoms with Crippen molar-refractivity contribution in [3.05, 3.63) is 16.1 Å². The molecule has 2 heterocycles. The topological polar surface area (TPSA) is 62.3 Å². The van der Waals surface area contributed by atoms with Crippen LogP contribution >= 0.6 is 11.3 Å². The second-order valence-electron chi connectivity index (χ2n) is 5.39. The molecule has 1 saturated heterocycles. The van der Waals surface area contributed by atoms with Crippen LogP contribution in [-0.4, -0.2) is 34.3 Å². The molecule has 21 heavy (non-hydrogen) atoms. The summed E-state index contributed by atoms with van der Waals surface area (Å²) in [6.45, 7) is 6.68. The first-order valence-electron chi connectivity index (χ1n) is 7.59. The van der Waals surface area contributed by atoms with Gasteiger partial charge >= 0.3 is 0 Å². The van der Waals surface area contributed by atoms with Crippen LogP contribution in [-0.2, 0) is 9.59 Å². The lowest BCUT2D eigenvalue weighted by atomic mass is 10.1. The Kier molecular flexibility index (Phi) is 5.33. The normalized spacial score (nSPS) is 17.9. The van der Waals surface area contributed by atoms with E-state index >= 15 is 0 Å². The van der Waals surface area contributed by atoms with Gasteiger partial charge in [0.2, 0.25) is 11.8 Å². The number of carbonyl (C=O) groups is 2. The zero-order valence-corrected chi connectivity index (χ0v) is 13.7. The minimum atomic E-state index is -0.352. The Morgan fingerprint density at radius 1 is 1.48 bits per heavy atom. The van der Waals surface area contributed by atoms with Gasteiger partial charge < -0.3 is 10.2 Å². The highest BCUT2D eigenvalue weighted by atomic mass is 32.1. The molecular weight excluding hydrogens is 286 g/mol. The van der Waals surface area contributed by atoms with E-state index in [0.717, 1.165) is 22.7 Å². The number of aryl methyl sites for hydroxylation is 1. The number of aromatic nitrogens is 1. The third-order valence-corrected chi connectivity index (χ3v) is 4.86. The molecular formula is C15H23N3O2S. The van der Waals surface area contributed by atoms with Crippen LogP contribution in [0.4, 0.5) is 0 Å². The van der Waals surface area contributed by atoms with Crippen molar-refractivity contribution in [2.24, 2.45) is 0 Å². The van der Waals surface area contributed by atoms with Crippen LogP contribution in [0.25, 0.3) is 0 Å². The molecule has 0 spiro atoms. The zero-order chi connectivity index (χ0) is 15.4. The standard InChI is InChI=1S/C15H23N3O2S/c1-4-11(15-16-9-10(3)21-15)17-14(20)12(5-2)18-8-6-7-13(18)19/h9,11-12H,4-8H2,1-3H3,(H,17,20)/t11-,12-/m1/s1. The third kappa shape index (κ3) is 3.61. The van der Waals surface area contributed by atoms with Gasteiger partial charge in [0.05, 0.1) is 6.04 Å². The number of hydrogen-bond acceptors (Lipinski definition) is 4. The average Bonchev–Trinajstić information content (AvgIpc) is 3.06. The van der Waals surface area contributed by atoms with Gasteiger partial charge in [0.25, 0.3) is 0 Å². The summed E-state index contributed by atoms with van der Waals surface area (Å²) in [7, 11) is 0. The van der Waals surface area contributed by atoms with E-state index in [9.17, 15) is 9.59 Å². The van der Waals surface area contributed by atoms with Gasteiger partial charge in [0.15, 0.2) is 0 Å². The summed E-state index contributed by atoms with van der Waals surface area (Å²) >= 11 is 1.61. The van der Waals surface area contributed by atoms with E-state index in [0.29, 0.717) is 19.4 Å². The fourth-order valence-electron chi connectivity index (χ4n) is 2.69. The highest BCUT2D eigenvalue weighted by Crippen LogP contribution is 2.23. The molecule has 1 N–H and O–H groups in total. The Hall–Kier alpha value is -1.43. The lowest BCUT2D eigenvalue weighted by Gasteiger charge is -2.27. The van der Waals surface area contributed by atoms with Crippen molar-refractivity contribution < 1.29 is 9.59 Å². The Labute approximate surface area is 129 Å². The minimum absolute atomic E-state index is 0.0625. The van der Waals surface area contributed by atoms with E-state index < -0.39 is 0 Å². The molecule has 6 heteroatoms. The van der Waals surface area contributed by atoms with E-state index in [-0.39, 0.29) is 23.9 Å². The maximum absolute atomic E-state index is 12.5. The SMILES string of the molecule is CC[C@H](C(=O)N[C@H](CC)c1ncc(C)s1)N1CCCC1=O. The molecule has 0 saturated carbocycles. The second kappa shape index (κ2) is 7.02. The first-order valence-corrected chi connectivity index (χ1v) is 8.40. The fourth-order valence-corrected chi connectivity index (χ4v) is 3.59. The van der Waals surface area contributed by atoms with Crippen LogP contribution < -0.4 is 5.32 Å². The second-order valence-corrected chi connectivity index (χ2v) is 6.66. The van der Waals surface area contributed by atoms with Gasteiger partial charge in [-0.25, -0.2) is 4.98 Å². The summed E-state index contributed by atoms with van der Waals surface area (Å²) in [5, 5.41) is 4.00. The van der Waals surface area contributed by atoms with Gasteiger partial charge in [-0.2, -0.15) is 0 Å². The summed E-state index contributed by atoms with van der Waals surface area (Å²) < 4.78 is 0. The largest absolute Gasteiger partial charge is 0.345 e. The van der Waals surface area contributed by atoms with Crippen LogP contribution in [0.15, 0.2) is 6.20 Å². The summed E-state index contributed by atoms with van der Waals surface area (Å²) in [5.74, 6) is 0.0302. The molecule has 1 aromatic heterocycles. The highest BCUT2D eigenvalue weighted by molar-refractivity contribution is 7.11. The molecule has 2 atom stereocenters. The van der Waals surface area contributed by atoms with Crippen LogP contribution in [0.1, 0.15) is 55.5 Å². The molecule has 0 bridgehead atoms. The van der Waals surface area contributed by atoms with E-state index in [4.69, 9.17) is 0 Å². The predicted octanol–water partition coefficient (Wildman–Crippen LogP) is 2.42. The van der Waals surface area contributed by atoms with Crippen LogP contribution in [0.2, 0.25) is 0 Å². The van der Waals surface area contributed by atoms with Crippen LogP contribution in [0, 0.1) is 6.92 Å². The quantitative estimate of drug-likeness (QED) is 0.878. The first kappa shape index (κ1) is 15.9. The van der Waals surface area contributed by atoms with Gasteiger partial charge in [-0.05, 0) is 26.2 Å². The summed E-state index contributed by atoms with van der Waals surface area (Å²) in [5.41, 5.74) is 0. The van der Waals surface area contributed by atoms with Crippen LogP contribution in [0.3, 0.4) is 0 Å². The molecule has 116 valence electrons. The number of hydrogen-bond donors (Lipinski definition) is 1. The average molecular weight is 309 g/mol. The Morgan fingerprint density at radius 2 is 2.24 bits per heavy atom. The van der Waals surface area contributed by atoms with Crippen molar-refractivity contribution in [2.45, 2.75) is 58.5 Å².